The van der Waals surface area contributed by atoms with E-state index in [9.17, 15) is 14.4 Å². The highest BCUT2D eigenvalue weighted by atomic mass is 35.5. The number of hydrogen-bond acceptors (Lipinski definition) is 5. The lowest BCUT2D eigenvalue weighted by atomic mass is 10.2. The first-order valence-corrected chi connectivity index (χ1v) is 9.56. The minimum absolute atomic E-state index is 0.0371. The van der Waals surface area contributed by atoms with Gasteiger partial charge in [-0.25, -0.2) is 0 Å². The van der Waals surface area contributed by atoms with Gasteiger partial charge in [-0.1, -0.05) is 41.9 Å². The molecule has 0 aliphatic carbocycles. The van der Waals surface area contributed by atoms with E-state index in [-0.39, 0.29) is 25.4 Å². The fourth-order valence-corrected chi connectivity index (χ4v) is 3.10. The second-order valence-corrected chi connectivity index (χ2v) is 6.90. The lowest BCUT2D eigenvalue weighted by Crippen LogP contribution is -2.45. The first-order valence-electron chi connectivity index (χ1n) is 9.18. The third-order valence-corrected chi connectivity index (χ3v) is 4.78. The molecule has 7 nitrogen and oxygen atoms in total. The highest BCUT2D eigenvalue weighted by Gasteiger charge is 2.31. The van der Waals surface area contributed by atoms with Gasteiger partial charge in [-0.2, -0.15) is 0 Å². The lowest BCUT2D eigenvalue weighted by molar-refractivity contribution is -0.148. The number of fused-ring (bicyclic) bond motifs is 1. The van der Waals surface area contributed by atoms with Gasteiger partial charge in [-0.3, -0.25) is 14.4 Å². The summed E-state index contributed by atoms with van der Waals surface area (Å²) in [5, 5.41) is 3.20. The first kappa shape index (κ1) is 20.7. The zero-order valence-electron chi connectivity index (χ0n) is 15.9. The number of ether oxygens (including phenoxy) is 2. The topological polar surface area (TPSA) is 84.9 Å². The van der Waals surface area contributed by atoms with Crippen LogP contribution in [0.4, 0.5) is 5.69 Å². The molecule has 1 N–H and O–H groups in total. The summed E-state index contributed by atoms with van der Waals surface area (Å²) in [7, 11) is 0. The average Bonchev–Trinajstić information content (AvgIpc) is 2.72. The van der Waals surface area contributed by atoms with E-state index in [2.05, 4.69) is 5.32 Å². The molecule has 29 heavy (non-hydrogen) atoms. The van der Waals surface area contributed by atoms with E-state index in [0.29, 0.717) is 16.5 Å². The molecule has 0 fully saturated rings. The summed E-state index contributed by atoms with van der Waals surface area (Å²) in [6, 6.07) is 14.3. The minimum atomic E-state index is -0.628. The van der Waals surface area contributed by atoms with Crippen molar-refractivity contribution in [3.63, 3.8) is 0 Å². The molecule has 8 heteroatoms. The Kier molecular flexibility index (Phi) is 6.72. The van der Waals surface area contributed by atoms with E-state index in [1.807, 2.05) is 12.1 Å². The van der Waals surface area contributed by atoms with E-state index in [1.54, 1.807) is 43.3 Å². The van der Waals surface area contributed by atoms with Gasteiger partial charge in [0.1, 0.15) is 5.75 Å². The van der Waals surface area contributed by atoms with Crippen molar-refractivity contribution >= 4 is 35.1 Å². The van der Waals surface area contributed by atoms with Crippen molar-refractivity contribution < 1.29 is 23.9 Å². The number of halogens is 1. The molecule has 0 bridgehead atoms. The second-order valence-electron chi connectivity index (χ2n) is 6.50. The molecule has 1 unspecified atom stereocenters. The first-order chi connectivity index (χ1) is 14.0. The highest BCUT2D eigenvalue weighted by Crippen LogP contribution is 2.33. The van der Waals surface area contributed by atoms with Crippen LogP contribution in [0.3, 0.4) is 0 Å². The molecule has 2 aromatic rings. The molecule has 0 aromatic heterocycles. The van der Waals surface area contributed by atoms with E-state index in [4.69, 9.17) is 21.1 Å². The van der Waals surface area contributed by atoms with Crippen molar-refractivity contribution in [1.29, 1.82) is 0 Å². The van der Waals surface area contributed by atoms with Crippen LogP contribution < -0.4 is 15.0 Å². The van der Waals surface area contributed by atoms with Crippen LogP contribution in [0.1, 0.15) is 18.9 Å². The summed E-state index contributed by atoms with van der Waals surface area (Å²) in [6.07, 6.45) is -0.665. The maximum absolute atomic E-state index is 12.4. The summed E-state index contributed by atoms with van der Waals surface area (Å²) in [4.78, 5) is 37.8. The van der Waals surface area contributed by atoms with Crippen LogP contribution in [-0.2, 0) is 25.7 Å². The zero-order valence-corrected chi connectivity index (χ0v) is 16.6. The number of nitrogens with zero attached hydrogens (tertiary/aromatic N) is 1. The standard InChI is InChI=1S/C21H21ClN2O5/c1-14-21(27)24(17-8-4-5-9-18(17)29-14)11-10-20(26)28-13-19(25)23-12-15-6-2-3-7-16(15)22/h2-9,14H,10-13H2,1H3,(H,23,25). The molecule has 0 saturated heterocycles. The smallest absolute Gasteiger partial charge is 0.308 e. The van der Waals surface area contributed by atoms with Gasteiger partial charge in [0.05, 0.1) is 12.1 Å². The second kappa shape index (κ2) is 9.43. The molecule has 0 saturated carbocycles. The Labute approximate surface area is 173 Å². The van der Waals surface area contributed by atoms with E-state index in [0.717, 1.165) is 5.56 Å². The third-order valence-electron chi connectivity index (χ3n) is 4.41. The predicted octanol–water partition coefficient (Wildman–Crippen LogP) is 2.70. The van der Waals surface area contributed by atoms with Gasteiger partial charge in [0.25, 0.3) is 11.8 Å². The van der Waals surface area contributed by atoms with E-state index < -0.39 is 24.6 Å². The number of benzene rings is 2. The molecule has 0 spiro atoms. The normalized spacial score (nSPS) is 15.3. The van der Waals surface area contributed by atoms with Crippen molar-refractivity contribution in [3.05, 3.63) is 59.1 Å². The Morgan fingerprint density at radius 2 is 1.90 bits per heavy atom. The number of anilines is 1. The van der Waals surface area contributed by atoms with Crippen LogP contribution in [0.25, 0.3) is 0 Å². The van der Waals surface area contributed by atoms with Gasteiger partial charge in [0, 0.05) is 18.1 Å². The van der Waals surface area contributed by atoms with Crippen molar-refractivity contribution in [3.8, 4) is 5.75 Å². The number of amides is 2. The maximum atomic E-state index is 12.4. The van der Waals surface area contributed by atoms with Crippen molar-refractivity contribution in [2.75, 3.05) is 18.1 Å². The van der Waals surface area contributed by atoms with Gasteiger partial charge in [-0.15, -0.1) is 0 Å². The van der Waals surface area contributed by atoms with E-state index >= 15 is 0 Å². The van der Waals surface area contributed by atoms with Gasteiger partial charge < -0.3 is 19.7 Å². The van der Waals surface area contributed by atoms with Crippen molar-refractivity contribution in [2.24, 2.45) is 0 Å². The summed E-state index contributed by atoms with van der Waals surface area (Å²) in [5.74, 6) is -0.636. The molecule has 3 rings (SSSR count). The van der Waals surface area contributed by atoms with Crippen LogP contribution in [-0.4, -0.2) is 37.0 Å². The average molecular weight is 417 g/mol. The molecule has 1 atom stereocenters. The number of carbonyl (C=O) groups is 3. The quantitative estimate of drug-likeness (QED) is 0.701. The van der Waals surface area contributed by atoms with Crippen LogP contribution in [0, 0.1) is 0 Å². The Morgan fingerprint density at radius 3 is 2.69 bits per heavy atom. The van der Waals surface area contributed by atoms with Crippen LogP contribution in [0.15, 0.2) is 48.5 Å². The summed E-state index contributed by atoms with van der Waals surface area (Å²) >= 11 is 6.03. The lowest BCUT2D eigenvalue weighted by Gasteiger charge is -2.32. The Balaban J connectivity index is 1.46. The fourth-order valence-electron chi connectivity index (χ4n) is 2.90. The molecule has 2 aromatic carbocycles. The molecular weight excluding hydrogens is 396 g/mol. The van der Waals surface area contributed by atoms with E-state index in [1.165, 1.54) is 4.90 Å². The molecule has 1 aliphatic rings. The summed E-state index contributed by atoms with van der Waals surface area (Å²) < 4.78 is 10.6. The van der Waals surface area contributed by atoms with Gasteiger partial charge in [0.2, 0.25) is 0 Å². The molecule has 2 amide bonds. The fraction of sp³-hybridized carbons (Fsp3) is 0.286. The third kappa shape index (κ3) is 5.26. The van der Waals surface area contributed by atoms with Crippen molar-refractivity contribution in [1.82, 2.24) is 5.32 Å². The number of carbonyl (C=O) groups excluding carboxylic acids is 3. The number of hydrogen-bond donors (Lipinski definition) is 1. The molecular formula is C21H21ClN2O5. The Bertz CT molecular complexity index is 917. The van der Waals surface area contributed by atoms with Crippen LogP contribution >= 0.6 is 11.6 Å². The predicted molar refractivity (Wildman–Crippen MR) is 108 cm³/mol. The number of esters is 1. The monoisotopic (exact) mass is 416 g/mol. The molecule has 152 valence electrons. The van der Waals surface area contributed by atoms with Gasteiger partial charge in [-0.05, 0) is 30.7 Å². The highest BCUT2D eigenvalue weighted by molar-refractivity contribution is 6.31. The molecule has 1 heterocycles. The van der Waals surface area contributed by atoms with Crippen LogP contribution in [0.2, 0.25) is 5.02 Å². The number of rotatable bonds is 7. The Morgan fingerprint density at radius 1 is 1.17 bits per heavy atom. The molecule has 1 aliphatic heterocycles. The van der Waals surface area contributed by atoms with Crippen molar-refractivity contribution in [2.45, 2.75) is 26.0 Å². The summed E-state index contributed by atoms with van der Waals surface area (Å²) in [6.45, 7) is 1.65. The minimum Gasteiger partial charge on any atom is -0.479 e. The zero-order chi connectivity index (χ0) is 20.8. The maximum Gasteiger partial charge on any atom is 0.308 e. The van der Waals surface area contributed by atoms with Gasteiger partial charge in [0.15, 0.2) is 12.7 Å². The van der Waals surface area contributed by atoms with Gasteiger partial charge >= 0.3 is 5.97 Å². The Hall–Kier alpha value is -3.06. The number of para-hydroxylation sites is 2. The number of nitrogens with one attached hydrogen (secondary N) is 1. The van der Waals surface area contributed by atoms with Crippen LogP contribution in [0.5, 0.6) is 5.75 Å². The summed E-state index contributed by atoms with van der Waals surface area (Å²) in [5.41, 5.74) is 1.38. The largest absolute Gasteiger partial charge is 0.479 e. The SMILES string of the molecule is CC1Oc2ccccc2N(CCC(=O)OCC(=O)NCc2ccccc2Cl)C1=O. The molecule has 0 radical (unpaired) electrons.